The number of carbonyl (C=O) groups excluding carboxylic acids is 2. The molecule has 1 amide bonds. The van der Waals surface area contributed by atoms with Crippen LogP contribution in [0.3, 0.4) is 0 Å². The summed E-state index contributed by atoms with van der Waals surface area (Å²) in [6, 6.07) is 11.7. The van der Waals surface area contributed by atoms with Gasteiger partial charge in [-0.2, -0.15) is 13.2 Å². The lowest BCUT2D eigenvalue weighted by atomic mass is 10.0. The van der Waals surface area contributed by atoms with Crippen molar-refractivity contribution in [3.05, 3.63) is 81.3 Å². The lowest BCUT2D eigenvalue weighted by molar-refractivity contribution is -0.137. The zero-order valence-electron chi connectivity index (χ0n) is 16.7. The number of benzene rings is 2. The highest BCUT2D eigenvalue weighted by atomic mass is 35.5. The molecule has 0 saturated heterocycles. The molecular formula is C22H19ClF3N3O2S. The topological polar surface area (TPSA) is 71.1 Å². The van der Waals surface area contributed by atoms with Gasteiger partial charge < -0.3 is 10.6 Å². The number of alkyl halides is 3. The van der Waals surface area contributed by atoms with Gasteiger partial charge >= 0.3 is 6.18 Å². The Morgan fingerprint density at radius 1 is 1.03 bits per heavy atom. The summed E-state index contributed by atoms with van der Waals surface area (Å²) >= 11 is 6.80. The summed E-state index contributed by atoms with van der Waals surface area (Å²) in [4.78, 5) is 28.7. The van der Waals surface area contributed by atoms with Crippen molar-refractivity contribution in [2.45, 2.75) is 19.0 Å². The third kappa shape index (κ3) is 6.54. The monoisotopic (exact) mass is 481 g/mol. The summed E-state index contributed by atoms with van der Waals surface area (Å²) in [6.45, 7) is 0.914. The van der Waals surface area contributed by atoms with E-state index in [0.717, 1.165) is 29.0 Å². The van der Waals surface area contributed by atoms with Crippen LogP contribution in [-0.4, -0.2) is 29.8 Å². The fourth-order valence-electron chi connectivity index (χ4n) is 2.88. The standard InChI is InChI=1S/C22H19ClF3N3O2S/c23-15-8-6-14(7-9-15)12-19(30)27-10-3-11-28-21-29-13-18(32-21)20(31)16-4-1-2-5-17(16)22(24,25)26/h1-2,4-9,13H,3,10-12H2,(H,27,30)(H,28,29). The fourth-order valence-corrected chi connectivity index (χ4v) is 3.81. The highest BCUT2D eigenvalue weighted by Crippen LogP contribution is 2.33. The van der Waals surface area contributed by atoms with E-state index in [4.69, 9.17) is 11.6 Å². The summed E-state index contributed by atoms with van der Waals surface area (Å²) < 4.78 is 39.5. The molecule has 0 fully saturated rings. The Labute approximate surface area is 191 Å². The van der Waals surface area contributed by atoms with E-state index in [1.54, 1.807) is 24.3 Å². The number of aromatic nitrogens is 1. The van der Waals surface area contributed by atoms with Gasteiger partial charge in [-0.3, -0.25) is 9.59 Å². The highest BCUT2D eigenvalue weighted by Gasteiger charge is 2.35. The van der Waals surface area contributed by atoms with Crippen LogP contribution in [0, 0.1) is 0 Å². The average molecular weight is 482 g/mol. The molecule has 0 spiro atoms. The van der Waals surface area contributed by atoms with Gasteiger partial charge in [0.25, 0.3) is 0 Å². The molecule has 0 aliphatic heterocycles. The lowest BCUT2D eigenvalue weighted by Crippen LogP contribution is -2.27. The van der Waals surface area contributed by atoms with Crippen molar-refractivity contribution < 1.29 is 22.8 Å². The van der Waals surface area contributed by atoms with Gasteiger partial charge in [0.05, 0.1) is 23.1 Å². The van der Waals surface area contributed by atoms with E-state index in [2.05, 4.69) is 15.6 Å². The molecule has 0 bridgehead atoms. The van der Waals surface area contributed by atoms with Crippen molar-refractivity contribution in [2.75, 3.05) is 18.4 Å². The van der Waals surface area contributed by atoms with E-state index in [1.807, 2.05) is 0 Å². The first-order valence-corrected chi connectivity index (χ1v) is 10.9. The van der Waals surface area contributed by atoms with Crippen LogP contribution in [0.15, 0.2) is 54.7 Å². The van der Waals surface area contributed by atoms with Gasteiger partial charge in [0.1, 0.15) is 0 Å². The molecule has 168 valence electrons. The van der Waals surface area contributed by atoms with Crippen LogP contribution in [0.25, 0.3) is 0 Å². The molecule has 0 atom stereocenters. The molecule has 1 heterocycles. The van der Waals surface area contributed by atoms with Gasteiger partial charge in [-0.25, -0.2) is 4.98 Å². The fraction of sp³-hybridized carbons (Fsp3) is 0.227. The highest BCUT2D eigenvalue weighted by molar-refractivity contribution is 7.17. The maximum atomic E-state index is 13.2. The van der Waals surface area contributed by atoms with Crippen LogP contribution in [0.5, 0.6) is 0 Å². The number of nitrogens with zero attached hydrogens (tertiary/aromatic N) is 1. The van der Waals surface area contributed by atoms with Crippen LogP contribution < -0.4 is 10.6 Å². The van der Waals surface area contributed by atoms with Crippen molar-refractivity contribution in [3.63, 3.8) is 0 Å². The van der Waals surface area contributed by atoms with E-state index in [1.165, 1.54) is 18.3 Å². The Morgan fingerprint density at radius 3 is 2.47 bits per heavy atom. The third-order valence-corrected chi connectivity index (χ3v) is 5.64. The molecule has 0 aliphatic rings. The second-order valence-electron chi connectivity index (χ2n) is 6.84. The maximum Gasteiger partial charge on any atom is 0.417 e. The number of amides is 1. The predicted molar refractivity (Wildman–Crippen MR) is 118 cm³/mol. The largest absolute Gasteiger partial charge is 0.417 e. The van der Waals surface area contributed by atoms with Crippen molar-refractivity contribution >= 4 is 39.8 Å². The second kappa shape index (κ2) is 10.6. The molecule has 0 unspecified atom stereocenters. The van der Waals surface area contributed by atoms with Crippen LogP contribution in [-0.2, 0) is 17.4 Å². The first kappa shape index (κ1) is 23.7. The number of anilines is 1. The van der Waals surface area contributed by atoms with E-state index in [-0.39, 0.29) is 17.2 Å². The van der Waals surface area contributed by atoms with Gasteiger partial charge in [-0.1, -0.05) is 53.3 Å². The van der Waals surface area contributed by atoms with Gasteiger partial charge in [-0.15, -0.1) is 0 Å². The zero-order valence-corrected chi connectivity index (χ0v) is 18.3. The number of nitrogens with one attached hydrogen (secondary N) is 2. The van der Waals surface area contributed by atoms with Gasteiger partial charge in [0, 0.05) is 23.7 Å². The first-order chi connectivity index (χ1) is 15.2. The van der Waals surface area contributed by atoms with Crippen molar-refractivity contribution in [2.24, 2.45) is 0 Å². The second-order valence-corrected chi connectivity index (χ2v) is 8.30. The molecule has 10 heteroatoms. The molecule has 2 N–H and O–H groups in total. The van der Waals surface area contributed by atoms with Gasteiger partial charge in [0.15, 0.2) is 5.13 Å². The van der Waals surface area contributed by atoms with Gasteiger partial charge in [0.2, 0.25) is 11.7 Å². The summed E-state index contributed by atoms with van der Waals surface area (Å²) in [6.07, 6.45) is -2.50. The number of thiazole rings is 1. The predicted octanol–water partition coefficient (Wildman–Crippen LogP) is 5.21. The van der Waals surface area contributed by atoms with Crippen molar-refractivity contribution in [1.82, 2.24) is 10.3 Å². The Morgan fingerprint density at radius 2 is 1.75 bits per heavy atom. The molecule has 3 rings (SSSR count). The number of carbonyl (C=O) groups is 2. The number of halogens is 4. The minimum absolute atomic E-state index is 0.112. The van der Waals surface area contributed by atoms with Crippen molar-refractivity contribution in [1.29, 1.82) is 0 Å². The van der Waals surface area contributed by atoms with E-state index >= 15 is 0 Å². The molecule has 3 aromatic rings. The van der Waals surface area contributed by atoms with Crippen LogP contribution in [0.1, 0.15) is 32.8 Å². The molecular weight excluding hydrogens is 463 g/mol. The number of rotatable bonds is 9. The van der Waals surface area contributed by atoms with Crippen LogP contribution in [0.2, 0.25) is 5.02 Å². The van der Waals surface area contributed by atoms with E-state index < -0.39 is 23.1 Å². The van der Waals surface area contributed by atoms with E-state index in [9.17, 15) is 22.8 Å². The Balaban J connectivity index is 1.45. The Hall–Kier alpha value is -2.91. The maximum absolute atomic E-state index is 13.2. The smallest absolute Gasteiger partial charge is 0.361 e. The van der Waals surface area contributed by atoms with E-state index in [0.29, 0.717) is 29.7 Å². The third-order valence-electron chi connectivity index (χ3n) is 4.44. The molecule has 1 aromatic heterocycles. The molecule has 0 saturated carbocycles. The molecule has 0 aliphatic carbocycles. The SMILES string of the molecule is O=C(Cc1ccc(Cl)cc1)NCCCNc1ncc(C(=O)c2ccccc2C(F)(F)F)s1. The van der Waals surface area contributed by atoms with Gasteiger partial charge in [-0.05, 0) is 30.2 Å². The molecule has 2 aromatic carbocycles. The minimum Gasteiger partial charge on any atom is -0.361 e. The van der Waals surface area contributed by atoms with Crippen LogP contribution >= 0.6 is 22.9 Å². The quantitative estimate of drug-likeness (QED) is 0.325. The summed E-state index contributed by atoms with van der Waals surface area (Å²) in [7, 11) is 0. The van der Waals surface area contributed by atoms with Crippen LogP contribution in [0.4, 0.5) is 18.3 Å². The number of ketones is 1. The lowest BCUT2D eigenvalue weighted by Gasteiger charge is -2.10. The average Bonchev–Trinajstić information content (AvgIpc) is 3.23. The minimum atomic E-state index is -4.62. The summed E-state index contributed by atoms with van der Waals surface area (Å²) in [5.41, 5.74) is -0.516. The summed E-state index contributed by atoms with van der Waals surface area (Å²) in [5, 5.41) is 6.85. The first-order valence-electron chi connectivity index (χ1n) is 9.66. The number of hydrogen-bond acceptors (Lipinski definition) is 5. The summed E-state index contributed by atoms with van der Waals surface area (Å²) in [5.74, 6) is -0.837. The Kier molecular flexibility index (Phi) is 7.87. The zero-order chi connectivity index (χ0) is 23.1. The number of hydrogen-bond donors (Lipinski definition) is 2. The molecule has 32 heavy (non-hydrogen) atoms. The molecule has 0 radical (unpaired) electrons. The molecule has 5 nitrogen and oxygen atoms in total. The van der Waals surface area contributed by atoms with Crippen molar-refractivity contribution in [3.8, 4) is 0 Å². The Bertz CT molecular complexity index is 1080. The normalized spacial score (nSPS) is 11.2.